The minimum absolute atomic E-state index is 0.0165. The summed E-state index contributed by atoms with van der Waals surface area (Å²) in [6.45, 7) is 2.97. The smallest absolute Gasteiger partial charge is 0.339 e. The number of rotatable bonds is 8. The van der Waals surface area contributed by atoms with Crippen LogP contribution in [-0.2, 0) is 16.0 Å². The molecule has 0 saturated carbocycles. The molecule has 348 valence electrons. The molecule has 0 amide bonds. The lowest BCUT2D eigenvalue weighted by Crippen LogP contribution is -2.09. The third kappa shape index (κ3) is 16.9. The van der Waals surface area contributed by atoms with Gasteiger partial charge in [-0.1, -0.05) is 12.1 Å². The minimum Gasteiger partial charge on any atom is -0.508 e. The molecule has 0 bridgehead atoms. The van der Waals surface area contributed by atoms with Crippen molar-refractivity contribution in [1.29, 1.82) is 0 Å². The van der Waals surface area contributed by atoms with Gasteiger partial charge in [-0.25, -0.2) is 14.4 Å². The summed E-state index contributed by atoms with van der Waals surface area (Å²) < 4.78 is 11.1. The predicted molar refractivity (Wildman–Crippen MR) is 224 cm³/mol. The molecule has 5 aromatic rings. The van der Waals surface area contributed by atoms with Gasteiger partial charge in [0.1, 0.15) is 34.1 Å². The van der Waals surface area contributed by atoms with Crippen molar-refractivity contribution in [3.8, 4) is 63.2 Å². The highest BCUT2D eigenvalue weighted by molar-refractivity contribution is 6.04. The number of hydrogen-bond donors (Lipinski definition) is 18. The lowest BCUT2D eigenvalue weighted by molar-refractivity contribution is -0.147. The second-order valence-electron chi connectivity index (χ2n) is 12.4. The molecule has 20 N–H and O–H groups in total. The van der Waals surface area contributed by atoms with Gasteiger partial charge in [-0.3, -0.25) is 9.45 Å². The topological polar surface area (TPSA) is 453 Å². The fraction of sp³-hybridized carbons (Fsp3) is 0.150. The molecule has 1 unspecified atom stereocenters. The number of methoxy groups -OCH3 is 1. The Labute approximate surface area is 366 Å². The number of aliphatic carboxylic acids is 2. The first-order chi connectivity index (χ1) is 29.7. The van der Waals surface area contributed by atoms with Crippen LogP contribution in [0.4, 0.5) is 11.4 Å². The van der Waals surface area contributed by atoms with Crippen LogP contribution in [-0.4, -0.2) is 112 Å². The van der Waals surface area contributed by atoms with Gasteiger partial charge in [0.2, 0.25) is 5.75 Å². The molecule has 0 aromatic heterocycles. The van der Waals surface area contributed by atoms with Crippen molar-refractivity contribution >= 4 is 47.1 Å². The fourth-order valence-corrected chi connectivity index (χ4v) is 4.49. The van der Waals surface area contributed by atoms with Crippen molar-refractivity contribution in [2.45, 2.75) is 32.8 Å². The minimum atomic E-state index is -1.69. The number of carbonyl (C=O) groups is 4. The van der Waals surface area contributed by atoms with E-state index >= 15 is 0 Å². The Morgan fingerprint density at radius 1 is 0.594 bits per heavy atom. The lowest BCUT2D eigenvalue weighted by Gasteiger charge is -2.08. The number of aliphatic hydroxyl groups excluding tert-OH is 1. The number of halogens is 1. The number of carboxylic acid groups (broad SMARTS) is 4. The number of carboxylic acids is 4. The van der Waals surface area contributed by atoms with Gasteiger partial charge >= 0.3 is 23.9 Å². The molecule has 0 fully saturated rings. The number of hydrogen-bond acceptors (Lipinski definition) is 19. The zero-order valence-electron chi connectivity index (χ0n) is 33.6. The van der Waals surface area contributed by atoms with E-state index in [0.29, 0.717) is 17.5 Å². The molecule has 5 rings (SSSR count). The van der Waals surface area contributed by atoms with Crippen LogP contribution in [0.3, 0.4) is 0 Å². The molecular weight excluding hydrogens is 880 g/mol. The van der Waals surface area contributed by atoms with E-state index in [9.17, 15) is 34.5 Å². The summed E-state index contributed by atoms with van der Waals surface area (Å²) in [7, 11) is 1.30. The highest BCUT2D eigenvalue weighted by Crippen LogP contribution is 2.38. The van der Waals surface area contributed by atoms with Gasteiger partial charge in [0.25, 0.3) is 0 Å². The number of aromatic hydroxyl groups is 10. The van der Waals surface area contributed by atoms with Crippen LogP contribution in [0.5, 0.6) is 63.2 Å². The summed E-state index contributed by atoms with van der Waals surface area (Å²) in [5.74, 6) is -8.05. The lowest BCUT2D eigenvalue weighted by atomic mass is 10.0. The van der Waals surface area contributed by atoms with Crippen molar-refractivity contribution in [2.24, 2.45) is 0 Å². The summed E-state index contributed by atoms with van der Waals surface area (Å²) in [5, 5.41) is 134. The molecule has 0 aliphatic carbocycles. The maximum absolute atomic E-state index is 10.7. The van der Waals surface area contributed by atoms with Crippen molar-refractivity contribution in [3.63, 3.8) is 0 Å². The molecule has 0 radical (unpaired) electrons. The number of aliphatic hydroxyl groups is 1. The van der Waals surface area contributed by atoms with E-state index in [2.05, 4.69) is 16.6 Å². The Morgan fingerprint density at radius 3 is 1.53 bits per heavy atom. The number of nitrogens with two attached hydrogens (primary N) is 2. The molecule has 1 atom stereocenters. The quantitative estimate of drug-likeness (QED) is 0.0595. The summed E-state index contributed by atoms with van der Waals surface area (Å²) in [6.07, 6.45) is -1.32. The average molecular weight is 925 g/mol. The Hall–Kier alpha value is -8.41. The zero-order chi connectivity index (χ0) is 49.8. The normalized spacial score (nSPS) is 10.1. The highest BCUT2D eigenvalue weighted by atomic mass is 35.5. The van der Waals surface area contributed by atoms with Crippen LogP contribution in [0.25, 0.3) is 0 Å². The number of benzene rings is 5. The Kier molecular flexibility index (Phi) is 22.6. The molecule has 64 heavy (non-hydrogen) atoms. The van der Waals surface area contributed by atoms with Gasteiger partial charge in [0, 0.05) is 18.1 Å². The fourth-order valence-electron chi connectivity index (χ4n) is 4.49. The molecule has 0 saturated heterocycles. The first kappa shape index (κ1) is 55.6. The highest BCUT2D eigenvalue weighted by Gasteiger charge is 2.19. The summed E-state index contributed by atoms with van der Waals surface area (Å²) in [6, 6.07) is 13.7. The van der Waals surface area contributed by atoms with E-state index in [4.69, 9.17) is 77.4 Å². The van der Waals surface area contributed by atoms with Crippen LogP contribution in [0.2, 0.25) is 0 Å². The number of aryl methyl sites for hydroxylation is 2. The number of aromatic carboxylic acids is 2. The molecule has 5 aromatic carbocycles. The van der Waals surface area contributed by atoms with E-state index < -0.39 is 47.2 Å². The third-order valence-corrected chi connectivity index (χ3v) is 7.89. The Morgan fingerprint density at radius 2 is 1.11 bits per heavy atom. The number of ether oxygens (including phenoxy) is 1. The Bertz CT molecular complexity index is 2360. The van der Waals surface area contributed by atoms with Crippen molar-refractivity contribution in [3.05, 3.63) is 100 Å². The van der Waals surface area contributed by atoms with Crippen molar-refractivity contribution in [1.82, 2.24) is 0 Å². The molecule has 0 aliphatic rings. The standard InChI is InChI=1S/2C9H10O4.2C8H8O5.C6H8N2O2.ClHO/c1-4-3-6(10)5(2)8(11)7(4)9(12)13;10-7-3-1-6(5-8(7)11)2-4-9(12)13;1-13-5-3-2-4(8(11)12)6(9)7(5)10;9-5-2-1-4(3-6(5)10)7(11)8(12)13;7-3-1-4(8)6(10)2-5(3)9;1-2/h3,10-11H,1-2H3,(H,12,13);1,3,5,10-11H,2,4H2,(H,12,13);2-3,9-10H,1H3,(H,11,12);1-3,7,9-11H,(H,12,13);1-2,9-10H,7-8H2;2H. The second-order valence-corrected chi connectivity index (χ2v) is 12.4. The maximum atomic E-state index is 10.7. The van der Waals surface area contributed by atoms with E-state index in [1.54, 1.807) is 6.07 Å². The van der Waals surface area contributed by atoms with E-state index in [-0.39, 0.29) is 86.0 Å². The monoisotopic (exact) mass is 924 g/mol. The summed E-state index contributed by atoms with van der Waals surface area (Å²) in [4.78, 5) is 41.6. The van der Waals surface area contributed by atoms with Gasteiger partial charge in [0.05, 0.1) is 30.4 Å². The molecule has 23 nitrogen and oxygen atoms in total. The molecule has 24 heteroatoms. The Balaban J connectivity index is 0.000000769. The maximum Gasteiger partial charge on any atom is 0.339 e. The van der Waals surface area contributed by atoms with Gasteiger partial charge in [-0.05, 0) is 85.5 Å². The third-order valence-electron chi connectivity index (χ3n) is 7.89. The van der Waals surface area contributed by atoms with Crippen LogP contribution in [0.15, 0.2) is 66.7 Å². The van der Waals surface area contributed by atoms with Gasteiger partial charge in [-0.2, -0.15) is 0 Å². The largest absolute Gasteiger partial charge is 0.508 e. The first-order valence-electron chi connectivity index (χ1n) is 17.2. The molecule has 0 spiro atoms. The van der Waals surface area contributed by atoms with Crippen LogP contribution in [0.1, 0.15) is 55.5 Å². The number of phenols is 10. The SMILES string of the molecule is COc1ccc(C(=O)O)c(O)c1O.Cc1cc(O)c(C)c(O)c1C(=O)O.Nc1cc(N)c(O)cc1O.O=C(O)C(O)c1ccc(O)c(O)c1.O=C(O)CCc1ccc(O)c(O)c1.OCl. The molecular formula is C40H45ClN2O21. The van der Waals surface area contributed by atoms with Crippen LogP contribution >= 0.6 is 11.9 Å². The van der Waals surface area contributed by atoms with E-state index in [1.165, 1.54) is 57.4 Å². The van der Waals surface area contributed by atoms with Gasteiger partial charge in [0.15, 0.2) is 40.6 Å². The van der Waals surface area contributed by atoms with E-state index in [0.717, 1.165) is 24.3 Å². The molecule has 0 heterocycles. The summed E-state index contributed by atoms with van der Waals surface area (Å²) in [5.41, 5.74) is 11.5. The first-order valence-corrected chi connectivity index (χ1v) is 17.6. The number of nitrogen functional groups attached to an aromatic ring is 2. The number of phenolic OH excluding ortho intramolecular Hbond substituents is 8. The second kappa shape index (κ2) is 26.0. The number of anilines is 2. The molecule has 0 aliphatic heterocycles. The zero-order valence-corrected chi connectivity index (χ0v) is 34.3. The van der Waals surface area contributed by atoms with Crippen molar-refractivity contribution in [2.75, 3.05) is 18.6 Å². The van der Waals surface area contributed by atoms with Gasteiger partial charge in [-0.15, -0.1) is 0 Å². The predicted octanol–water partition coefficient (Wildman–Crippen LogP) is 3.94. The van der Waals surface area contributed by atoms with Crippen molar-refractivity contribution < 1.29 is 105 Å². The summed E-state index contributed by atoms with van der Waals surface area (Å²) >= 11 is 3.64. The van der Waals surface area contributed by atoms with Crippen LogP contribution in [0, 0.1) is 13.8 Å². The average Bonchev–Trinajstić information content (AvgIpc) is 3.22. The van der Waals surface area contributed by atoms with Crippen LogP contribution < -0.4 is 16.2 Å². The van der Waals surface area contributed by atoms with Gasteiger partial charge < -0.3 is 92.8 Å². The van der Waals surface area contributed by atoms with E-state index in [1.807, 2.05) is 0 Å².